The Morgan fingerprint density at radius 1 is 0.975 bits per heavy atom. The van der Waals surface area contributed by atoms with E-state index in [2.05, 4.69) is 16.0 Å². The predicted octanol–water partition coefficient (Wildman–Crippen LogP) is 2.95. The monoisotopic (exact) mass is 570 g/mol. The number of halogens is 2. The number of Topliss-reactive ketones (excluding diaryl/α,β-unsaturated/α-hetero) is 1. The van der Waals surface area contributed by atoms with E-state index >= 15 is 0 Å². The van der Waals surface area contributed by atoms with Crippen LogP contribution in [0.3, 0.4) is 0 Å². The van der Waals surface area contributed by atoms with Crippen LogP contribution in [0.4, 0.5) is 13.6 Å². The quantitative estimate of drug-likeness (QED) is 0.297. The summed E-state index contributed by atoms with van der Waals surface area (Å²) in [6.45, 7) is 14.1. The third kappa shape index (κ3) is 6.25. The second kappa shape index (κ2) is 10.6. The number of rotatable bonds is 10. The van der Waals surface area contributed by atoms with Gasteiger partial charge in [0.1, 0.15) is 12.1 Å². The van der Waals surface area contributed by atoms with Crippen molar-refractivity contribution in [2.75, 3.05) is 6.54 Å². The fourth-order valence-electron chi connectivity index (χ4n) is 6.27. The number of hydrogen-bond donors (Lipinski definition) is 4. The molecule has 226 valence electrons. The van der Waals surface area contributed by atoms with Crippen LogP contribution in [-0.4, -0.2) is 76.2 Å². The molecular formula is C28H44F2N4O6. The SMILES string of the molecule is CC(F)(F)CCC(NC(=O)[C@@H]1[C@@H]2[C@H](CN1C(=O)C(NC(=O)O)C(C)(C)C)C(C)(C)C2(C)C)C(=O)C(=O)NC1CC1. The number of fused-ring (bicyclic) bond motifs is 1. The van der Waals surface area contributed by atoms with Gasteiger partial charge >= 0.3 is 6.09 Å². The molecule has 3 fully saturated rings. The molecule has 3 rings (SSSR count). The van der Waals surface area contributed by atoms with Crippen LogP contribution in [0.2, 0.25) is 0 Å². The first kappa shape index (κ1) is 31.7. The van der Waals surface area contributed by atoms with Crippen molar-refractivity contribution in [3.63, 3.8) is 0 Å². The summed E-state index contributed by atoms with van der Waals surface area (Å²) in [7, 11) is 0. The van der Waals surface area contributed by atoms with Crippen molar-refractivity contribution in [2.24, 2.45) is 28.1 Å². The van der Waals surface area contributed by atoms with Gasteiger partial charge < -0.3 is 26.0 Å². The van der Waals surface area contributed by atoms with Crippen LogP contribution in [0, 0.1) is 28.1 Å². The van der Waals surface area contributed by atoms with Gasteiger partial charge in [0.05, 0.1) is 6.04 Å². The second-order valence-electron chi connectivity index (χ2n) is 14.0. The zero-order valence-electron chi connectivity index (χ0n) is 24.7. The first-order chi connectivity index (χ1) is 18.1. The summed E-state index contributed by atoms with van der Waals surface area (Å²) >= 11 is 0. The Morgan fingerprint density at radius 3 is 2.02 bits per heavy atom. The third-order valence-corrected chi connectivity index (χ3v) is 9.50. The Bertz CT molecular complexity index is 1060. The number of carboxylic acid groups (broad SMARTS) is 1. The lowest BCUT2D eigenvalue weighted by molar-refractivity contribution is -0.162. The Balaban J connectivity index is 1.95. The minimum Gasteiger partial charge on any atom is -0.465 e. The van der Waals surface area contributed by atoms with Gasteiger partial charge in [0.2, 0.25) is 23.5 Å². The average Bonchev–Trinajstić information content (AvgIpc) is 3.52. The summed E-state index contributed by atoms with van der Waals surface area (Å²) in [6.07, 6.45) is -1.14. The zero-order chi connectivity index (χ0) is 30.6. The fourth-order valence-corrected chi connectivity index (χ4v) is 6.27. The maximum Gasteiger partial charge on any atom is 0.405 e. The molecular weight excluding hydrogens is 526 g/mol. The van der Waals surface area contributed by atoms with Gasteiger partial charge in [0, 0.05) is 19.0 Å². The first-order valence-electron chi connectivity index (χ1n) is 13.9. The van der Waals surface area contributed by atoms with E-state index in [0.29, 0.717) is 6.92 Å². The lowest BCUT2D eigenvalue weighted by Crippen LogP contribution is -2.65. The molecule has 0 spiro atoms. The largest absolute Gasteiger partial charge is 0.465 e. The maximum absolute atomic E-state index is 13.9. The number of likely N-dealkylation sites (tertiary alicyclic amines) is 1. The lowest BCUT2D eigenvalue weighted by Gasteiger charge is -2.63. The van der Waals surface area contributed by atoms with Gasteiger partial charge in [-0.05, 0) is 54.3 Å². The number of nitrogens with zero attached hydrogens (tertiary/aromatic N) is 1. The highest BCUT2D eigenvalue weighted by atomic mass is 19.3. The maximum atomic E-state index is 13.9. The molecule has 0 aromatic heterocycles. The second-order valence-corrected chi connectivity index (χ2v) is 14.0. The van der Waals surface area contributed by atoms with E-state index in [9.17, 15) is 37.9 Å². The van der Waals surface area contributed by atoms with Gasteiger partial charge in [0.15, 0.2) is 0 Å². The Morgan fingerprint density at radius 2 is 1.55 bits per heavy atom. The van der Waals surface area contributed by atoms with Crippen LogP contribution in [0.5, 0.6) is 0 Å². The number of carbonyl (C=O) groups is 5. The molecule has 2 saturated carbocycles. The smallest absolute Gasteiger partial charge is 0.405 e. The number of carbonyl (C=O) groups excluding carboxylic acids is 4. The van der Waals surface area contributed by atoms with Crippen LogP contribution in [-0.2, 0) is 19.2 Å². The molecule has 3 aliphatic rings. The molecule has 2 aliphatic carbocycles. The van der Waals surface area contributed by atoms with Crippen molar-refractivity contribution in [2.45, 2.75) is 111 Å². The molecule has 0 aromatic rings. The van der Waals surface area contributed by atoms with Crippen molar-refractivity contribution in [1.82, 2.24) is 20.9 Å². The molecule has 5 atom stereocenters. The summed E-state index contributed by atoms with van der Waals surface area (Å²) in [5.41, 5.74) is -1.52. The summed E-state index contributed by atoms with van der Waals surface area (Å²) in [5.74, 6) is -6.80. The molecule has 1 aliphatic heterocycles. The summed E-state index contributed by atoms with van der Waals surface area (Å²) in [5, 5.41) is 16.8. The standard InChI is InChI=1S/C28H44F2N4O6/c1-25(2,3)20(33-24(39)40)23(38)34-13-15-17(27(6,7)26(15,4)5)18(34)21(36)32-16(11-12-28(8,29)30)19(35)22(37)31-14-9-10-14/h14-18,20,33H,9-13H2,1-8H3,(H,31,37)(H,32,36)(H,39,40)/t15-,16?,17-,18-,20?/m0/s1. The van der Waals surface area contributed by atoms with Gasteiger partial charge in [-0.25, -0.2) is 13.6 Å². The number of amides is 4. The Labute approximate surface area is 234 Å². The van der Waals surface area contributed by atoms with E-state index in [-0.39, 0.29) is 29.8 Å². The van der Waals surface area contributed by atoms with E-state index in [1.54, 1.807) is 20.8 Å². The highest BCUT2D eigenvalue weighted by Gasteiger charge is 2.70. The van der Waals surface area contributed by atoms with Gasteiger partial charge in [-0.3, -0.25) is 19.2 Å². The van der Waals surface area contributed by atoms with Crippen molar-refractivity contribution in [3.8, 4) is 0 Å². The van der Waals surface area contributed by atoms with Gasteiger partial charge in [0.25, 0.3) is 5.91 Å². The molecule has 40 heavy (non-hydrogen) atoms. The highest BCUT2D eigenvalue weighted by Crippen LogP contribution is 2.68. The molecule has 2 unspecified atom stereocenters. The topological polar surface area (TPSA) is 145 Å². The third-order valence-electron chi connectivity index (χ3n) is 9.50. The van der Waals surface area contributed by atoms with Crippen LogP contribution in [0.1, 0.15) is 81.1 Å². The molecule has 4 N–H and O–H groups in total. The minimum atomic E-state index is -3.13. The van der Waals surface area contributed by atoms with E-state index in [4.69, 9.17) is 0 Å². The van der Waals surface area contributed by atoms with Crippen LogP contribution in [0.15, 0.2) is 0 Å². The molecule has 12 heteroatoms. The Kier molecular flexibility index (Phi) is 8.38. The summed E-state index contributed by atoms with van der Waals surface area (Å²) in [6, 6.07) is -3.88. The molecule has 0 aromatic carbocycles. The molecule has 4 amide bonds. The lowest BCUT2D eigenvalue weighted by atomic mass is 9.40. The zero-order valence-corrected chi connectivity index (χ0v) is 24.7. The van der Waals surface area contributed by atoms with Crippen LogP contribution in [0.25, 0.3) is 0 Å². The first-order valence-corrected chi connectivity index (χ1v) is 13.9. The molecule has 0 bridgehead atoms. The fraction of sp³-hybridized carbons (Fsp3) is 0.821. The predicted molar refractivity (Wildman–Crippen MR) is 142 cm³/mol. The van der Waals surface area contributed by atoms with E-state index in [0.717, 1.165) is 12.8 Å². The number of alkyl halides is 2. The van der Waals surface area contributed by atoms with E-state index < -0.39 is 77.3 Å². The molecule has 10 nitrogen and oxygen atoms in total. The molecule has 1 heterocycles. The number of ketones is 1. The number of hydrogen-bond acceptors (Lipinski definition) is 5. The van der Waals surface area contributed by atoms with E-state index in [1.165, 1.54) is 4.90 Å². The van der Waals surface area contributed by atoms with Crippen LogP contribution < -0.4 is 16.0 Å². The summed E-state index contributed by atoms with van der Waals surface area (Å²) in [4.78, 5) is 66.3. The average molecular weight is 571 g/mol. The van der Waals surface area contributed by atoms with Crippen molar-refractivity contribution >= 4 is 29.6 Å². The highest BCUT2D eigenvalue weighted by molar-refractivity contribution is 6.38. The Hall–Kier alpha value is -2.79. The van der Waals surface area contributed by atoms with Crippen LogP contribution >= 0.6 is 0 Å². The van der Waals surface area contributed by atoms with E-state index in [1.807, 2.05) is 27.7 Å². The molecule has 0 radical (unpaired) electrons. The van der Waals surface area contributed by atoms with Crippen molar-refractivity contribution in [3.05, 3.63) is 0 Å². The molecule has 1 saturated heterocycles. The normalized spacial score (nSPS) is 26.6. The van der Waals surface area contributed by atoms with Crippen molar-refractivity contribution in [1.29, 1.82) is 0 Å². The summed E-state index contributed by atoms with van der Waals surface area (Å²) < 4.78 is 27.5. The van der Waals surface area contributed by atoms with Crippen molar-refractivity contribution < 1.29 is 37.9 Å². The van der Waals surface area contributed by atoms with Gasteiger partial charge in [-0.2, -0.15) is 0 Å². The minimum absolute atomic E-state index is 0.0973. The number of nitrogens with one attached hydrogen (secondary N) is 3. The van der Waals surface area contributed by atoms with Gasteiger partial charge in [-0.1, -0.05) is 48.5 Å². The van der Waals surface area contributed by atoms with Gasteiger partial charge in [-0.15, -0.1) is 0 Å².